The number of hydrogen-bond donors (Lipinski definition) is 1. The predicted octanol–water partition coefficient (Wildman–Crippen LogP) is 2.89. The molecule has 1 aromatic carbocycles. The minimum Gasteiger partial charge on any atom is -0.361 e. The number of nitrogens with zero attached hydrogens (tertiary/aromatic N) is 4. The van der Waals surface area contributed by atoms with E-state index in [-0.39, 0.29) is 5.91 Å². The Bertz CT molecular complexity index is 1040. The zero-order valence-corrected chi connectivity index (χ0v) is 14.0. The molecule has 26 heavy (non-hydrogen) atoms. The number of carbonyl (C=O) groups is 1. The van der Waals surface area contributed by atoms with Crippen LogP contribution in [0.4, 0.5) is 11.5 Å². The largest absolute Gasteiger partial charge is 0.361 e. The van der Waals surface area contributed by atoms with E-state index in [0.29, 0.717) is 30.5 Å². The van der Waals surface area contributed by atoms with Crippen LogP contribution in [0.3, 0.4) is 0 Å². The van der Waals surface area contributed by atoms with E-state index in [9.17, 15) is 4.79 Å². The van der Waals surface area contributed by atoms with Crippen LogP contribution < -0.4 is 5.32 Å². The minimum atomic E-state index is -0.0447. The first kappa shape index (κ1) is 15.0. The van der Waals surface area contributed by atoms with Gasteiger partial charge in [-0.15, -0.1) is 4.98 Å². The van der Waals surface area contributed by atoms with Crippen LogP contribution >= 0.6 is 0 Å². The molecule has 6 heteroatoms. The lowest BCUT2D eigenvalue weighted by Crippen LogP contribution is -2.32. The Balaban J connectivity index is 1.46. The summed E-state index contributed by atoms with van der Waals surface area (Å²) in [6, 6.07) is 8.05. The van der Waals surface area contributed by atoms with Crippen LogP contribution in [0.15, 0.2) is 40.4 Å². The number of carbonyl (C=O) groups excluding carboxylic acids is 1. The summed E-state index contributed by atoms with van der Waals surface area (Å²) in [5.74, 6) is 0.328. The number of aromatic nitrogens is 1. The van der Waals surface area contributed by atoms with Gasteiger partial charge in [0.25, 0.3) is 11.7 Å². The van der Waals surface area contributed by atoms with Gasteiger partial charge in [0.15, 0.2) is 0 Å². The molecule has 2 aliphatic heterocycles. The van der Waals surface area contributed by atoms with Gasteiger partial charge in [-0.1, -0.05) is 18.7 Å². The van der Waals surface area contributed by atoms with E-state index in [4.69, 9.17) is 6.57 Å². The van der Waals surface area contributed by atoms with Crippen molar-refractivity contribution in [2.75, 3.05) is 0 Å². The van der Waals surface area contributed by atoms with Gasteiger partial charge in [0.2, 0.25) is 0 Å². The van der Waals surface area contributed by atoms with E-state index < -0.39 is 0 Å². The van der Waals surface area contributed by atoms with E-state index in [1.807, 2.05) is 12.1 Å². The molecule has 1 saturated carbocycles. The fourth-order valence-electron chi connectivity index (χ4n) is 3.36. The molecule has 1 aliphatic carbocycles. The molecule has 3 heterocycles. The number of hydrogen-bond acceptors (Lipinski definition) is 4. The number of fused-ring (bicyclic) bond motifs is 2. The molecule has 0 saturated heterocycles. The van der Waals surface area contributed by atoms with Gasteiger partial charge in [-0.2, -0.15) is 0 Å². The van der Waals surface area contributed by atoms with E-state index in [1.165, 1.54) is 0 Å². The third-order valence-corrected chi connectivity index (χ3v) is 4.89. The highest BCUT2D eigenvalue weighted by Gasteiger charge is 2.29. The first-order valence-electron chi connectivity index (χ1n) is 8.64. The average Bonchev–Trinajstić information content (AvgIpc) is 3.23. The van der Waals surface area contributed by atoms with Crippen molar-refractivity contribution in [3.8, 4) is 0 Å². The molecule has 6 nitrogen and oxygen atoms in total. The highest BCUT2D eigenvalue weighted by atomic mass is 16.2. The summed E-state index contributed by atoms with van der Waals surface area (Å²) in [5.41, 5.74) is 6.48. The highest BCUT2D eigenvalue weighted by molar-refractivity contribution is 6.41. The van der Waals surface area contributed by atoms with Crippen LogP contribution in [0.25, 0.3) is 4.85 Å². The third kappa shape index (κ3) is 2.49. The first-order chi connectivity index (χ1) is 12.7. The Morgan fingerprint density at radius 2 is 2.12 bits per heavy atom. The number of rotatable bonds is 3. The Morgan fingerprint density at radius 3 is 2.85 bits per heavy atom. The second-order valence-electron chi connectivity index (χ2n) is 6.80. The molecular formula is C20H15N5O. The Labute approximate surface area is 150 Å². The lowest BCUT2D eigenvalue weighted by molar-refractivity contribution is -0.115. The summed E-state index contributed by atoms with van der Waals surface area (Å²) in [6.07, 6.45) is 4.41. The van der Waals surface area contributed by atoms with Crippen molar-refractivity contribution in [2.24, 2.45) is 9.98 Å². The second-order valence-corrected chi connectivity index (χ2v) is 6.80. The van der Waals surface area contributed by atoms with Crippen LogP contribution in [-0.4, -0.2) is 28.4 Å². The van der Waals surface area contributed by atoms with Crippen molar-refractivity contribution in [3.05, 3.63) is 64.1 Å². The van der Waals surface area contributed by atoms with E-state index in [0.717, 1.165) is 46.5 Å². The van der Waals surface area contributed by atoms with Gasteiger partial charge < -0.3 is 10.2 Å². The van der Waals surface area contributed by atoms with Crippen molar-refractivity contribution >= 4 is 28.8 Å². The summed E-state index contributed by atoms with van der Waals surface area (Å²) >= 11 is 0. The zero-order chi connectivity index (χ0) is 17.7. The Kier molecular flexibility index (Phi) is 3.22. The second kappa shape index (κ2) is 5.60. The topological polar surface area (TPSA) is 71.1 Å². The van der Waals surface area contributed by atoms with Crippen molar-refractivity contribution in [1.29, 1.82) is 0 Å². The fourth-order valence-corrected chi connectivity index (χ4v) is 3.36. The summed E-state index contributed by atoms with van der Waals surface area (Å²) in [4.78, 5) is 28.9. The molecule has 1 amide bonds. The van der Waals surface area contributed by atoms with Gasteiger partial charge in [-0.25, -0.2) is 4.99 Å². The maximum atomic E-state index is 12.3. The van der Waals surface area contributed by atoms with E-state index in [1.54, 1.807) is 12.3 Å². The quantitative estimate of drug-likeness (QED) is 0.872. The summed E-state index contributed by atoms with van der Waals surface area (Å²) in [5, 5.41) is 3.01. The van der Waals surface area contributed by atoms with Crippen molar-refractivity contribution in [3.63, 3.8) is 0 Å². The molecule has 2 aromatic rings. The molecule has 0 bridgehead atoms. The molecule has 1 N–H and O–H groups in total. The van der Waals surface area contributed by atoms with Gasteiger partial charge in [-0.3, -0.25) is 9.79 Å². The van der Waals surface area contributed by atoms with Gasteiger partial charge in [-0.05, 0) is 36.1 Å². The predicted molar refractivity (Wildman–Crippen MR) is 98.2 cm³/mol. The maximum absolute atomic E-state index is 12.3. The minimum absolute atomic E-state index is 0.0447. The van der Waals surface area contributed by atoms with Crippen LogP contribution in [-0.2, 0) is 17.8 Å². The van der Waals surface area contributed by atoms with Crippen LogP contribution in [0.2, 0.25) is 0 Å². The molecule has 3 aliphatic rings. The first-order valence-corrected chi connectivity index (χ1v) is 8.64. The summed E-state index contributed by atoms with van der Waals surface area (Å²) in [6.45, 7) is 7.63. The van der Waals surface area contributed by atoms with Crippen molar-refractivity contribution < 1.29 is 4.79 Å². The van der Waals surface area contributed by atoms with E-state index >= 15 is 0 Å². The molecule has 0 unspecified atom stereocenters. The lowest BCUT2D eigenvalue weighted by atomic mass is 9.97. The molecule has 5 rings (SSSR count). The number of benzene rings is 1. The summed E-state index contributed by atoms with van der Waals surface area (Å²) in [7, 11) is 0. The highest BCUT2D eigenvalue weighted by Crippen LogP contribution is 2.34. The van der Waals surface area contributed by atoms with Crippen LogP contribution in [0, 0.1) is 6.57 Å². The average molecular weight is 341 g/mol. The maximum Gasteiger partial charge on any atom is 0.269 e. The molecule has 126 valence electrons. The van der Waals surface area contributed by atoms with Gasteiger partial charge in [0.1, 0.15) is 11.9 Å². The van der Waals surface area contributed by atoms with Crippen molar-refractivity contribution in [2.45, 2.75) is 31.8 Å². The molecule has 0 spiro atoms. The summed E-state index contributed by atoms with van der Waals surface area (Å²) < 4.78 is 0. The van der Waals surface area contributed by atoms with Gasteiger partial charge >= 0.3 is 0 Å². The van der Waals surface area contributed by atoms with Gasteiger partial charge in [0, 0.05) is 23.6 Å². The standard InChI is InChI=1S/C20H15N5O/c1-21-18-5-2-11(9-22-18)19-15-8-16-12(6-13(15)10-23-19)7-17(25-16)20(26)24-14-3-4-14/h2,5-6,8-9,14H,3-4,7,10H2,(H,24,26). The number of amides is 1. The molecule has 1 fully saturated rings. The van der Waals surface area contributed by atoms with Crippen LogP contribution in [0.5, 0.6) is 0 Å². The molecular weight excluding hydrogens is 326 g/mol. The van der Waals surface area contributed by atoms with Gasteiger partial charge in [0.05, 0.1) is 17.9 Å². The fraction of sp³-hybridized carbons (Fsp3) is 0.250. The third-order valence-electron chi connectivity index (χ3n) is 4.89. The van der Waals surface area contributed by atoms with Crippen LogP contribution in [0.1, 0.15) is 35.1 Å². The Hall–Kier alpha value is -3.33. The molecule has 1 aromatic heterocycles. The number of nitrogens with one attached hydrogen (secondary N) is 1. The zero-order valence-electron chi connectivity index (χ0n) is 14.0. The number of pyridine rings is 1. The normalized spacial score (nSPS) is 17.0. The SMILES string of the molecule is [C-]#[N+]c1ccc(C2=NCc3cc4c(cc32)N=C(C(=O)NC2CC2)C4)cn1. The molecule has 0 radical (unpaired) electrons. The lowest BCUT2D eigenvalue weighted by Gasteiger charge is -2.06. The van der Waals surface area contributed by atoms with Crippen molar-refractivity contribution in [1.82, 2.24) is 10.3 Å². The smallest absolute Gasteiger partial charge is 0.269 e. The monoisotopic (exact) mass is 341 g/mol. The Morgan fingerprint density at radius 1 is 1.23 bits per heavy atom. The number of aliphatic imine (C=N–C) groups is 2. The van der Waals surface area contributed by atoms with E-state index in [2.05, 4.69) is 31.2 Å². The molecule has 0 atom stereocenters.